The molecule has 15 heavy (non-hydrogen) atoms. The highest BCUT2D eigenvalue weighted by Crippen LogP contribution is 2.30. The third-order valence-electron chi connectivity index (χ3n) is 1.70. The molecule has 82 valence electrons. The summed E-state index contributed by atoms with van der Waals surface area (Å²) in [6.45, 7) is 1.65. The van der Waals surface area contributed by atoms with Crippen molar-refractivity contribution in [3.63, 3.8) is 0 Å². The first-order valence-corrected chi connectivity index (χ1v) is 5.97. The van der Waals surface area contributed by atoms with Crippen molar-refractivity contribution in [2.24, 2.45) is 0 Å². The Morgan fingerprint density at radius 3 is 2.73 bits per heavy atom. The van der Waals surface area contributed by atoms with Crippen LogP contribution in [0, 0.1) is 15.2 Å². The van der Waals surface area contributed by atoms with Gasteiger partial charge in [-0.05, 0) is 44.6 Å². The van der Waals surface area contributed by atoms with E-state index in [1.165, 1.54) is 0 Å². The van der Waals surface area contributed by atoms with Gasteiger partial charge in [-0.15, -0.1) is 0 Å². The number of nitrogens with one attached hydrogen (secondary N) is 1. The number of rotatable bonds is 2. The van der Waals surface area contributed by atoms with E-state index in [0.29, 0.717) is 3.57 Å². The van der Waals surface area contributed by atoms with Crippen molar-refractivity contribution in [1.29, 1.82) is 0 Å². The lowest BCUT2D eigenvalue weighted by atomic mass is 10.3. The number of carbonyl (C=O) groups excluding carboxylic acids is 1. The summed E-state index contributed by atoms with van der Waals surface area (Å²) in [6, 6.07) is 1.15. The first-order chi connectivity index (χ1) is 6.97. The van der Waals surface area contributed by atoms with Gasteiger partial charge in [0.1, 0.15) is 5.82 Å². The maximum Gasteiger partial charge on any atom is 0.224 e. The van der Waals surface area contributed by atoms with E-state index in [2.05, 4.69) is 21.2 Å². The molecule has 0 saturated carbocycles. The summed E-state index contributed by atoms with van der Waals surface area (Å²) in [5.74, 6) is -1.79. The Morgan fingerprint density at radius 2 is 2.20 bits per heavy atom. The van der Waals surface area contributed by atoms with Gasteiger partial charge in [0.05, 0.1) is 10.2 Å². The molecule has 0 heterocycles. The van der Waals surface area contributed by atoms with E-state index in [1.54, 1.807) is 29.5 Å². The van der Waals surface area contributed by atoms with Crippen molar-refractivity contribution in [3.05, 3.63) is 25.7 Å². The zero-order valence-electron chi connectivity index (χ0n) is 7.70. The summed E-state index contributed by atoms with van der Waals surface area (Å²) in [4.78, 5) is 11.1. The molecule has 1 aromatic carbocycles. The lowest BCUT2D eigenvalue weighted by molar-refractivity contribution is -0.115. The van der Waals surface area contributed by atoms with Gasteiger partial charge in [0.25, 0.3) is 0 Å². The Bertz CT molecular complexity index is 412. The Balaban J connectivity index is 3.18. The Morgan fingerprint density at radius 1 is 1.60 bits per heavy atom. The van der Waals surface area contributed by atoms with Gasteiger partial charge in [0.15, 0.2) is 5.82 Å². The lowest BCUT2D eigenvalue weighted by Gasteiger charge is -2.09. The second-order valence-corrected chi connectivity index (χ2v) is 4.70. The average Bonchev–Trinajstić information content (AvgIpc) is 2.21. The first-order valence-electron chi connectivity index (χ1n) is 4.10. The van der Waals surface area contributed by atoms with E-state index in [-0.39, 0.29) is 22.5 Å². The molecule has 0 saturated heterocycles. The molecule has 0 spiro atoms. The Labute approximate surface area is 108 Å². The van der Waals surface area contributed by atoms with Crippen LogP contribution in [0.5, 0.6) is 0 Å². The van der Waals surface area contributed by atoms with Gasteiger partial charge in [-0.3, -0.25) is 4.79 Å². The molecule has 2 nitrogen and oxygen atoms in total. The highest BCUT2D eigenvalue weighted by molar-refractivity contribution is 14.1. The van der Waals surface area contributed by atoms with Gasteiger partial charge >= 0.3 is 0 Å². The number of anilines is 1. The molecular formula is C9H7BrF2INO. The molecule has 0 aliphatic heterocycles. The highest BCUT2D eigenvalue weighted by atomic mass is 127. The minimum atomic E-state index is -0.791. The summed E-state index contributed by atoms with van der Waals surface area (Å²) in [6.07, 6.45) is 0.241. The van der Waals surface area contributed by atoms with Crippen LogP contribution < -0.4 is 5.32 Å². The molecule has 0 aromatic heterocycles. The molecular weight excluding hydrogens is 383 g/mol. The van der Waals surface area contributed by atoms with Gasteiger partial charge < -0.3 is 5.32 Å². The van der Waals surface area contributed by atoms with E-state index in [9.17, 15) is 13.6 Å². The van der Waals surface area contributed by atoms with Gasteiger partial charge in [0.2, 0.25) is 5.91 Å². The molecule has 0 unspecified atom stereocenters. The molecule has 0 bridgehead atoms. The summed E-state index contributed by atoms with van der Waals surface area (Å²) in [7, 11) is 0. The van der Waals surface area contributed by atoms with Crippen LogP contribution in [0.4, 0.5) is 14.5 Å². The van der Waals surface area contributed by atoms with Crippen LogP contribution in [0.1, 0.15) is 13.3 Å². The standard InChI is InChI=1S/C9H7BrF2INO/c1-2-6(15)14-9-5(13)3-4(11)7(10)8(9)12/h3H,2H2,1H3,(H,14,15). The number of benzene rings is 1. The van der Waals surface area contributed by atoms with E-state index < -0.39 is 11.6 Å². The lowest BCUT2D eigenvalue weighted by Crippen LogP contribution is -2.12. The van der Waals surface area contributed by atoms with Crippen LogP contribution in [0.3, 0.4) is 0 Å². The van der Waals surface area contributed by atoms with Crippen LogP contribution >= 0.6 is 38.5 Å². The number of hydrogen-bond acceptors (Lipinski definition) is 1. The largest absolute Gasteiger partial charge is 0.323 e. The molecule has 1 N–H and O–H groups in total. The van der Waals surface area contributed by atoms with E-state index in [0.717, 1.165) is 6.07 Å². The van der Waals surface area contributed by atoms with Crippen molar-refractivity contribution in [2.45, 2.75) is 13.3 Å². The first kappa shape index (κ1) is 12.8. The van der Waals surface area contributed by atoms with E-state index >= 15 is 0 Å². The maximum absolute atomic E-state index is 13.5. The normalized spacial score (nSPS) is 10.2. The number of carbonyl (C=O) groups is 1. The minimum Gasteiger partial charge on any atom is -0.323 e. The van der Waals surface area contributed by atoms with Gasteiger partial charge in [0, 0.05) is 9.99 Å². The van der Waals surface area contributed by atoms with Crippen LogP contribution in [0.15, 0.2) is 10.5 Å². The average molecular weight is 390 g/mol. The molecule has 1 amide bonds. The SMILES string of the molecule is CCC(=O)Nc1c(I)cc(F)c(Br)c1F. The summed E-state index contributed by atoms with van der Waals surface area (Å²) in [5.41, 5.74) is 0.00993. The van der Waals surface area contributed by atoms with Crippen molar-refractivity contribution in [3.8, 4) is 0 Å². The van der Waals surface area contributed by atoms with Crippen LogP contribution in [-0.2, 0) is 4.79 Å². The topological polar surface area (TPSA) is 29.1 Å². The summed E-state index contributed by atoms with van der Waals surface area (Å²) >= 11 is 4.53. The van der Waals surface area contributed by atoms with Gasteiger partial charge in [-0.25, -0.2) is 8.78 Å². The number of hydrogen-bond donors (Lipinski definition) is 1. The Hall–Kier alpha value is -0.240. The fourth-order valence-corrected chi connectivity index (χ4v) is 1.87. The van der Waals surface area contributed by atoms with Crippen molar-refractivity contribution in [2.75, 3.05) is 5.32 Å². The quantitative estimate of drug-likeness (QED) is 0.466. The van der Waals surface area contributed by atoms with Crippen molar-refractivity contribution in [1.82, 2.24) is 0 Å². The van der Waals surface area contributed by atoms with Gasteiger partial charge in [-0.2, -0.15) is 0 Å². The third-order valence-corrected chi connectivity index (χ3v) is 3.28. The second-order valence-electron chi connectivity index (χ2n) is 2.74. The van der Waals surface area contributed by atoms with E-state index in [1.807, 2.05) is 0 Å². The molecule has 6 heteroatoms. The van der Waals surface area contributed by atoms with Crippen LogP contribution in [0.2, 0.25) is 0 Å². The molecule has 1 rings (SSSR count). The maximum atomic E-state index is 13.5. The molecule has 0 aliphatic rings. The predicted octanol–water partition coefficient (Wildman–Crippen LogP) is 3.68. The van der Waals surface area contributed by atoms with E-state index in [4.69, 9.17) is 0 Å². The molecule has 0 fully saturated rings. The molecule has 0 radical (unpaired) electrons. The smallest absolute Gasteiger partial charge is 0.224 e. The number of halogens is 4. The highest BCUT2D eigenvalue weighted by Gasteiger charge is 2.16. The zero-order chi connectivity index (χ0) is 11.6. The molecule has 0 aliphatic carbocycles. The molecule has 0 atom stereocenters. The fourth-order valence-electron chi connectivity index (χ4n) is 0.909. The van der Waals surface area contributed by atoms with Crippen LogP contribution in [-0.4, -0.2) is 5.91 Å². The van der Waals surface area contributed by atoms with Gasteiger partial charge in [-0.1, -0.05) is 6.92 Å². The monoisotopic (exact) mass is 389 g/mol. The van der Waals surface area contributed by atoms with Crippen molar-refractivity contribution >= 4 is 50.1 Å². The summed E-state index contributed by atoms with van der Waals surface area (Å²) < 4.78 is 26.6. The molecule has 1 aromatic rings. The summed E-state index contributed by atoms with van der Waals surface area (Å²) in [5, 5.41) is 2.38. The predicted molar refractivity (Wildman–Crippen MR) is 65.7 cm³/mol. The minimum absolute atomic E-state index is 0.00993. The van der Waals surface area contributed by atoms with Crippen LogP contribution in [0.25, 0.3) is 0 Å². The fraction of sp³-hybridized carbons (Fsp3) is 0.222. The zero-order valence-corrected chi connectivity index (χ0v) is 11.4. The Kier molecular flexibility index (Phi) is 4.45. The second kappa shape index (κ2) is 5.20. The number of amides is 1. The van der Waals surface area contributed by atoms with Crippen molar-refractivity contribution < 1.29 is 13.6 Å². The third kappa shape index (κ3) is 2.87.